The topological polar surface area (TPSA) is 107 Å². The molecule has 90 valence electrons. The van der Waals surface area contributed by atoms with Crippen LogP contribution in [0, 0.1) is 0 Å². The largest absolute Gasteiger partial charge is 0.478 e. The molecule has 0 fully saturated rings. The summed E-state index contributed by atoms with van der Waals surface area (Å²) in [5, 5.41) is 15.6. The molecule has 0 aromatic heterocycles. The Hall–Kier alpha value is -2.18. The van der Waals surface area contributed by atoms with Gasteiger partial charge in [0, 0.05) is 32.5 Å². The molecule has 0 saturated carbocycles. The first kappa shape index (κ1) is 16.3. The van der Waals surface area contributed by atoms with E-state index in [2.05, 4.69) is 4.99 Å². The molecule has 0 rings (SSSR count). The summed E-state index contributed by atoms with van der Waals surface area (Å²) in [4.78, 5) is 34.5. The second-order valence-corrected chi connectivity index (χ2v) is 2.57. The molecule has 0 spiro atoms. The van der Waals surface area contributed by atoms with Crippen LogP contribution in [0.3, 0.4) is 0 Å². The highest BCUT2D eigenvalue weighted by Crippen LogP contribution is 1.80. The van der Waals surface area contributed by atoms with E-state index in [1.807, 2.05) is 0 Å². The van der Waals surface area contributed by atoms with Gasteiger partial charge in [-0.2, -0.15) is 0 Å². The number of carboxylic acid groups (broad SMARTS) is 2. The molecule has 0 radical (unpaired) electrons. The third-order valence-electron chi connectivity index (χ3n) is 0.991. The Morgan fingerprint density at radius 2 is 1.44 bits per heavy atom. The maximum Gasteiger partial charge on any atom is 0.342 e. The number of nitrogens with zero attached hydrogens (tertiary/aromatic N) is 2. The first-order valence-electron chi connectivity index (χ1n) is 4.15. The van der Waals surface area contributed by atoms with Crippen LogP contribution < -0.4 is 0 Å². The number of amides is 2. The molecule has 0 aromatic carbocycles. The highest BCUT2D eigenvalue weighted by Gasteiger charge is 1.94. The Morgan fingerprint density at radius 3 is 1.56 bits per heavy atom. The summed E-state index contributed by atoms with van der Waals surface area (Å²) in [5.74, 6) is -2.51. The van der Waals surface area contributed by atoms with Crippen molar-refractivity contribution in [3.63, 3.8) is 0 Å². The van der Waals surface area contributed by atoms with Crippen molar-refractivity contribution in [2.24, 2.45) is 4.99 Å². The van der Waals surface area contributed by atoms with Gasteiger partial charge in [0.05, 0.1) is 0 Å². The average molecular weight is 230 g/mol. The number of carbonyl (C=O) groups is 3. The van der Waals surface area contributed by atoms with Crippen molar-refractivity contribution >= 4 is 24.2 Å². The predicted molar refractivity (Wildman–Crippen MR) is 57.7 cm³/mol. The van der Waals surface area contributed by atoms with Gasteiger partial charge < -0.3 is 15.1 Å². The molecule has 16 heavy (non-hydrogen) atoms. The number of carbonyl (C=O) groups excluding carboxylic acids is 1. The van der Waals surface area contributed by atoms with Crippen LogP contribution in [0.4, 0.5) is 4.79 Å². The monoisotopic (exact) mass is 230 g/mol. The van der Waals surface area contributed by atoms with Crippen molar-refractivity contribution < 1.29 is 24.6 Å². The highest BCUT2D eigenvalue weighted by atomic mass is 16.4. The lowest BCUT2D eigenvalue weighted by molar-refractivity contribution is -0.134. The van der Waals surface area contributed by atoms with Crippen molar-refractivity contribution in [2.75, 3.05) is 14.1 Å². The zero-order valence-corrected chi connectivity index (χ0v) is 9.25. The van der Waals surface area contributed by atoms with Crippen LogP contribution in [-0.2, 0) is 9.59 Å². The summed E-state index contributed by atoms with van der Waals surface area (Å²) in [7, 11) is 3.32. The Balaban J connectivity index is 0. The molecule has 0 aromatic rings. The molecule has 0 aliphatic carbocycles. The zero-order chi connectivity index (χ0) is 13.1. The van der Waals surface area contributed by atoms with Crippen LogP contribution in [0.5, 0.6) is 0 Å². The Kier molecular flexibility index (Phi) is 9.53. The molecule has 0 aliphatic rings. The average Bonchev–Trinajstić information content (AvgIpc) is 2.16. The second-order valence-electron chi connectivity index (χ2n) is 2.57. The lowest BCUT2D eigenvalue weighted by Gasteiger charge is -2.02. The van der Waals surface area contributed by atoms with Crippen molar-refractivity contribution in [3.05, 3.63) is 12.2 Å². The number of aliphatic carboxylic acids is 2. The Bertz CT molecular complexity index is 291. The number of urea groups is 1. The Labute approximate surface area is 92.7 Å². The van der Waals surface area contributed by atoms with Gasteiger partial charge in [-0.05, 0) is 6.92 Å². The van der Waals surface area contributed by atoms with E-state index < -0.39 is 11.9 Å². The van der Waals surface area contributed by atoms with Crippen LogP contribution in [0.15, 0.2) is 17.1 Å². The summed E-state index contributed by atoms with van der Waals surface area (Å²) in [6, 6.07) is -0.215. The summed E-state index contributed by atoms with van der Waals surface area (Å²) in [6.45, 7) is 1.71. The fourth-order valence-corrected chi connectivity index (χ4v) is 0.368. The van der Waals surface area contributed by atoms with Crippen molar-refractivity contribution in [1.82, 2.24) is 4.90 Å². The number of hydrogen-bond donors (Lipinski definition) is 2. The van der Waals surface area contributed by atoms with Gasteiger partial charge in [0.15, 0.2) is 0 Å². The molecule has 0 unspecified atom stereocenters. The molecule has 0 aliphatic heterocycles. The number of hydrogen-bond acceptors (Lipinski definition) is 3. The van der Waals surface area contributed by atoms with E-state index in [1.54, 1.807) is 21.0 Å². The van der Waals surface area contributed by atoms with Crippen LogP contribution in [0.1, 0.15) is 6.92 Å². The predicted octanol–water partition coefficient (Wildman–Crippen LogP) is 0.470. The third-order valence-corrected chi connectivity index (χ3v) is 0.991. The van der Waals surface area contributed by atoms with Gasteiger partial charge >= 0.3 is 18.0 Å². The van der Waals surface area contributed by atoms with Crippen LogP contribution in [-0.4, -0.2) is 53.4 Å². The van der Waals surface area contributed by atoms with Crippen LogP contribution >= 0.6 is 0 Å². The van der Waals surface area contributed by atoms with Crippen molar-refractivity contribution in [3.8, 4) is 0 Å². The number of rotatable bonds is 2. The summed E-state index contributed by atoms with van der Waals surface area (Å²) < 4.78 is 0. The lowest BCUT2D eigenvalue weighted by Crippen LogP contribution is -2.17. The summed E-state index contributed by atoms with van der Waals surface area (Å²) >= 11 is 0. The summed E-state index contributed by atoms with van der Waals surface area (Å²) in [5.41, 5.74) is 0. The minimum atomic E-state index is -1.26. The number of carboxylic acids is 2. The lowest BCUT2D eigenvalue weighted by atomic mass is 10.5. The van der Waals surface area contributed by atoms with Gasteiger partial charge in [-0.3, -0.25) is 0 Å². The van der Waals surface area contributed by atoms with E-state index in [9.17, 15) is 14.4 Å². The highest BCUT2D eigenvalue weighted by molar-refractivity contribution is 5.89. The van der Waals surface area contributed by atoms with Crippen molar-refractivity contribution in [2.45, 2.75) is 6.92 Å². The molecule has 0 bridgehead atoms. The molecular weight excluding hydrogens is 216 g/mol. The smallest absolute Gasteiger partial charge is 0.342 e. The molecule has 0 atom stereocenters. The SMILES string of the molecule is CC=NC(=O)N(C)C.O=C(O)/C=C/C(=O)O. The Morgan fingerprint density at radius 1 is 1.06 bits per heavy atom. The van der Waals surface area contributed by atoms with E-state index in [0.29, 0.717) is 12.2 Å². The fourth-order valence-electron chi connectivity index (χ4n) is 0.368. The van der Waals surface area contributed by atoms with Gasteiger partial charge in [0.1, 0.15) is 0 Å². The standard InChI is InChI=1S/C5H10N2O.C4H4O4/c1-4-6-5(8)7(2)3;5-3(6)1-2-4(7)8/h4H,1-3H3;1-2H,(H,5,6)(H,7,8)/b;2-1+. The normalized spacial score (nSPS) is 9.69. The summed E-state index contributed by atoms with van der Waals surface area (Å²) in [6.07, 6.45) is 2.59. The van der Waals surface area contributed by atoms with Crippen LogP contribution in [0.25, 0.3) is 0 Å². The molecule has 2 N–H and O–H groups in total. The fraction of sp³-hybridized carbons (Fsp3) is 0.333. The van der Waals surface area contributed by atoms with Crippen molar-refractivity contribution in [1.29, 1.82) is 0 Å². The number of aliphatic imine (C=N–C) groups is 1. The van der Waals surface area contributed by atoms with Crippen LogP contribution in [0.2, 0.25) is 0 Å². The molecule has 2 amide bonds. The van der Waals surface area contributed by atoms with Gasteiger partial charge in [-0.15, -0.1) is 0 Å². The molecular formula is C9H14N2O5. The zero-order valence-electron chi connectivity index (χ0n) is 9.25. The maximum atomic E-state index is 10.5. The van der Waals surface area contributed by atoms with E-state index in [1.165, 1.54) is 11.1 Å². The molecule has 0 saturated heterocycles. The third kappa shape index (κ3) is 14.3. The molecule has 7 nitrogen and oxygen atoms in total. The minimum absolute atomic E-state index is 0.215. The minimum Gasteiger partial charge on any atom is -0.478 e. The van der Waals surface area contributed by atoms with Gasteiger partial charge in [0.25, 0.3) is 0 Å². The second kappa shape index (κ2) is 9.38. The van der Waals surface area contributed by atoms with Gasteiger partial charge in [-0.25, -0.2) is 19.4 Å². The van der Waals surface area contributed by atoms with Gasteiger partial charge in [-0.1, -0.05) is 0 Å². The quantitative estimate of drug-likeness (QED) is 0.529. The first-order chi connectivity index (χ1) is 7.31. The van der Waals surface area contributed by atoms with E-state index in [0.717, 1.165) is 0 Å². The molecule has 0 heterocycles. The molecule has 7 heteroatoms. The van der Waals surface area contributed by atoms with E-state index >= 15 is 0 Å². The van der Waals surface area contributed by atoms with E-state index in [-0.39, 0.29) is 6.03 Å². The maximum absolute atomic E-state index is 10.5. The van der Waals surface area contributed by atoms with Gasteiger partial charge in [0.2, 0.25) is 0 Å². The first-order valence-corrected chi connectivity index (χ1v) is 4.15. The van der Waals surface area contributed by atoms with E-state index in [4.69, 9.17) is 10.2 Å².